The predicted octanol–water partition coefficient (Wildman–Crippen LogP) is 0.949. The molecule has 0 bridgehead atoms. The summed E-state index contributed by atoms with van der Waals surface area (Å²) in [5, 5.41) is 15.5. The topological polar surface area (TPSA) is 89.8 Å². The fraction of sp³-hybridized carbons (Fsp3) is 0.600. The maximum Gasteiger partial charge on any atom is 0.247 e. The van der Waals surface area contributed by atoms with Crippen molar-refractivity contribution in [3.8, 4) is 6.07 Å². The average molecular weight is 256 g/mol. The van der Waals surface area contributed by atoms with Crippen LogP contribution in [0.15, 0.2) is 4.90 Å². The Morgan fingerprint density at radius 3 is 2.29 bits per heavy atom. The number of aryl methyl sites for hydroxylation is 2. The first-order valence-corrected chi connectivity index (χ1v) is 6.50. The molecule has 0 radical (unpaired) electrons. The number of hydrogen-bond donors (Lipinski definition) is 1. The van der Waals surface area contributed by atoms with Crippen LogP contribution in [-0.4, -0.2) is 35.5 Å². The summed E-state index contributed by atoms with van der Waals surface area (Å²) in [6.45, 7) is 6.36. The normalized spacial score (nSPS) is 12.8. The zero-order valence-electron chi connectivity index (χ0n) is 10.6. The monoisotopic (exact) mass is 256 g/mol. The Hall–Kier alpha value is -1.39. The van der Waals surface area contributed by atoms with Gasteiger partial charge in [0, 0.05) is 7.05 Å². The van der Waals surface area contributed by atoms with E-state index in [1.807, 2.05) is 6.07 Å². The molecular formula is C10H16N4O2S. The van der Waals surface area contributed by atoms with Gasteiger partial charge in [0.15, 0.2) is 0 Å². The van der Waals surface area contributed by atoms with Crippen molar-refractivity contribution in [1.29, 1.82) is 5.26 Å². The van der Waals surface area contributed by atoms with Crippen LogP contribution in [0.1, 0.15) is 25.2 Å². The number of nitrogens with one attached hydrogen (secondary N) is 1. The van der Waals surface area contributed by atoms with Gasteiger partial charge in [-0.05, 0) is 27.7 Å². The third-order valence-corrected chi connectivity index (χ3v) is 5.03. The molecule has 0 aliphatic heterocycles. The van der Waals surface area contributed by atoms with Crippen LogP contribution in [0, 0.1) is 25.2 Å². The molecule has 0 aliphatic carbocycles. The van der Waals surface area contributed by atoms with Crippen LogP contribution < -0.4 is 0 Å². The summed E-state index contributed by atoms with van der Waals surface area (Å²) in [7, 11) is -2.32. The lowest BCUT2D eigenvalue weighted by Gasteiger charge is -2.28. The van der Waals surface area contributed by atoms with E-state index in [0.29, 0.717) is 11.4 Å². The highest BCUT2D eigenvalue weighted by Gasteiger charge is 2.36. The maximum absolute atomic E-state index is 12.4. The van der Waals surface area contributed by atoms with Crippen molar-refractivity contribution in [2.75, 3.05) is 7.05 Å². The first kappa shape index (κ1) is 13.7. The molecule has 94 valence electrons. The number of nitriles is 1. The van der Waals surface area contributed by atoms with Crippen molar-refractivity contribution < 1.29 is 8.42 Å². The second kappa shape index (κ2) is 4.13. The standard InChI is InChI=1S/C10H16N4O2S/c1-7-9(8(2)13-12-7)17(15,16)14(5)10(3,4)6-11/h1-5H3,(H,12,13). The first-order valence-electron chi connectivity index (χ1n) is 5.06. The lowest BCUT2D eigenvalue weighted by Crippen LogP contribution is -2.44. The molecule has 0 amide bonds. The summed E-state index contributed by atoms with van der Waals surface area (Å²) < 4.78 is 25.8. The summed E-state index contributed by atoms with van der Waals surface area (Å²) in [4.78, 5) is 0.142. The van der Waals surface area contributed by atoms with Crippen LogP contribution in [0.2, 0.25) is 0 Å². The van der Waals surface area contributed by atoms with E-state index in [9.17, 15) is 8.42 Å². The van der Waals surface area contributed by atoms with Crippen LogP contribution in [0.3, 0.4) is 0 Å². The minimum absolute atomic E-state index is 0.142. The second-order valence-corrected chi connectivity index (χ2v) is 6.31. The molecule has 1 heterocycles. The van der Waals surface area contributed by atoms with Crippen molar-refractivity contribution in [3.05, 3.63) is 11.4 Å². The number of aromatic nitrogens is 2. The van der Waals surface area contributed by atoms with E-state index in [2.05, 4.69) is 10.2 Å². The molecule has 1 aromatic rings. The van der Waals surface area contributed by atoms with Crippen LogP contribution in [-0.2, 0) is 10.0 Å². The van der Waals surface area contributed by atoms with Gasteiger partial charge in [0.1, 0.15) is 10.4 Å². The first-order chi connectivity index (χ1) is 7.64. The fourth-order valence-corrected chi connectivity index (χ4v) is 3.20. The Balaban J connectivity index is 3.37. The average Bonchev–Trinajstić information content (AvgIpc) is 2.57. The molecule has 1 rings (SSSR count). The molecule has 0 atom stereocenters. The van der Waals surface area contributed by atoms with Crippen molar-refractivity contribution in [2.45, 2.75) is 38.1 Å². The van der Waals surface area contributed by atoms with E-state index in [1.165, 1.54) is 7.05 Å². The molecule has 17 heavy (non-hydrogen) atoms. The molecule has 0 unspecified atom stereocenters. The molecular weight excluding hydrogens is 240 g/mol. The fourth-order valence-electron chi connectivity index (χ4n) is 1.43. The quantitative estimate of drug-likeness (QED) is 0.871. The Morgan fingerprint density at radius 2 is 1.94 bits per heavy atom. The van der Waals surface area contributed by atoms with Gasteiger partial charge in [-0.25, -0.2) is 8.42 Å². The van der Waals surface area contributed by atoms with Crippen molar-refractivity contribution in [3.63, 3.8) is 0 Å². The summed E-state index contributed by atoms with van der Waals surface area (Å²) in [6.07, 6.45) is 0. The van der Waals surface area contributed by atoms with E-state index in [-0.39, 0.29) is 4.90 Å². The Labute approximate surface area is 101 Å². The lowest BCUT2D eigenvalue weighted by molar-refractivity contribution is 0.336. The highest BCUT2D eigenvalue weighted by atomic mass is 32.2. The van der Waals surface area contributed by atoms with Crippen LogP contribution in [0.4, 0.5) is 0 Å². The molecule has 0 aliphatic rings. The zero-order valence-corrected chi connectivity index (χ0v) is 11.4. The van der Waals surface area contributed by atoms with Crippen LogP contribution >= 0.6 is 0 Å². The van der Waals surface area contributed by atoms with Gasteiger partial charge in [0.2, 0.25) is 10.0 Å². The van der Waals surface area contributed by atoms with E-state index in [0.717, 1.165) is 4.31 Å². The highest BCUT2D eigenvalue weighted by Crippen LogP contribution is 2.25. The molecule has 1 aromatic heterocycles. The third-order valence-electron chi connectivity index (χ3n) is 2.74. The molecule has 6 nitrogen and oxygen atoms in total. The van der Waals surface area contributed by atoms with Gasteiger partial charge in [-0.3, -0.25) is 5.10 Å². The van der Waals surface area contributed by atoms with Gasteiger partial charge in [0.25, 0.3) is 0 Å². The van der Waals surface area contributed by atoms with Gasteiger partial charge < -0.3 is 0 Å². The minimum Gasteiger partial charge on any atom is -0.281 e. The van der Waals surface area contributed by atoms with Crippen molar-refractivity contribution in [2.24, 2.45) is 0 Å². The summed E-state index contributed by atoms with van der Waals surface area (Å²) >= 11 is 0. The molecule has 0 fully saturated rings. The Kier molecular flexibility index (Phi) is 3.32. The SMILES string of the molecule is Cc1n[nH]c(C)c1S(=O)(=O)N(C)C(C)(C)C#N. The smallest absolute Gasteiger partial charge is 0.247 e. The second-order valence-electron chi connectivity index (χ2n) is 4.41. The summed E-state index contributed by atoms with van der Waals surface area (Å²) in [6, 6.07) is 1.96. The van der Waals surface area contributed by atoms with Gasteiger partial charge in [-0.2, -0.15) is 14.7 Å². The van der Waals surface area contributed by atoms with E-state index >= 15 is 0 Å². The minimum atomic E-state index is -3.71. The number of hydrogen-bond acceptors (Lipinski definition) is 4. The molecule has 0 spiro atoms. The van der Waals surface area contributed by atoms with Crippen molar-refractivity contribution >= 4 is 10.0 Å². The molecule has 0 saturated carbocycles. The summed E-state index contributed by atoms with van der Waals surface area (Å²) in [5.41, 5.74) is -0.221. The van der Waals surface area contributed by atoms with E-state index < -0.39 is 15.6 Å². The maximum atomic E-state index is 12.4. The Morgan fingerprint density at radius 1 is 1.41 bits per heavy atom. The number of H-pyrrole nitrogens is 1. The molecule has 1 N–H and O–H groups in total. The zero-order chi connectivity index (χ0) is 13.4. The third kappa shape index (κ3) is 2.18. The Bertz CT molecular complexity index is 546. The number of rotatable bonds is 3. The van der Waals surface area contributed by atoms with E-state index in [4.69, 9.17) is 5.26 Å². The van der Waals surface area contributed by atoms with Crippen LogP contribution in [0.25, 0.3) is 0 Å². The number of sulfonamides is 1. The van der Waals surface area contributed by atoms with E-state index in [1.54, 1.807) is 27.7 Å². The number of aromatic amines is 1. The van der Waals surface area contributed by atoms with Crippen molar-refractivity contribution in [1.82, 2.24) is 14.5 Å². The molecule has 7 heteroatoms. The van der Waals surface area contributed by atoms with Gasteiger partial charge >= 0.3 is 0 Å². The largest absolute Gasteiger partial charge is 0.281 e. The van der Waals surface area contributed by atoms with Gasteiger partial charge in [-0.15, -0.1) is 0 Å². The van der Waals surface area contributed by atoms with Gasteiger partial charge in [0.05, 0.1) is 17.5 Å². The van der Waals surface area contributed by atoms with Gasteiger partial charge in [-0.1, -0.05) is 0 Å². The molecule has 0 saturated heterocycles. The summed E-state index contributed by atoms with van der Waals surface area (Å²) in [5.74, 6) is 0. The van der Waals surface area contributed by atoms with Crippen LogP contribution in [0.5, 0.6) is 0 Å². The predicted molar refractivity (Wildman–Crippen MR) is 62.7 cm³/mol. The molecule has 0 aromatic carbocycles. The lowest BCUT2D eigenvalue weighted by atomic mass is 10.1. The number of nitrogens with zero attached hydrogens (tertiary/aromatic N) is 3. The highest BCUT2D eigenvalue weighted by molar-refractivity contribution is 7.89.